The molecule has 0 bridgehead atoms. The smallest absolute Gasteiger partial charge is 0.165 e. The van der Waals surface area contributed by atoms with Gasteiger partial charge in [-0.05, 0) is 31.0 Å². The summed E-state index contributed by atoms with van der Waals surface area (Å²) >= 11 is 0. The molecule has 0 fully saturated rings. The largest absolute Gasteiger partial charge is 0.505 e. The second-order valence-electron chi connectivity index (χ2n) is 2.92. The van der Waals surface area contributed by atoms with Gasteiger partial charge in [0.05, 0.1) is 0 Å². The van der Waals surface area contributed by atoms with Crippen molar-refractivity contribution in [3.63, 3.8) is 0 Å². The topological polar surface area (TPSA) is 20.2 Å². The van der Waals surface area contributed by atoms with E-state index in [4.69, 9.17) is 5.11 Å². The number of hydrogen-bond acceptors (Lipinski definition) is 1. The quantitative estimate of drug-likeness (QED) is 0.669. The molecule has 0 spiro atoms. The first-order valence-corrected chi connectivity index (χ1v) is 3.71. The molecule has 12 heavy (non-hydrogen) atoms. The highest BCUT2D eigenvalue weighted by atomic mass is 19.1. The third kappa shape index (κ3) is 2.09. The minimum atomic E-state index is -0.575. The molecule has 0 atom stereocenters. The van der Waals surface area contributed by atoms with Crippen LogP contribution >= 0.6 is 0 Å². The highest BCUT2D eigenvalue weighted by Crippen LogP contribution is 2.17. The standard InChI is InChI=1S/C10H11FO/c1-7(2)5-8-3-4-10(12)9(11)6-8/h3-4,6,12H,1,5H2,2H3. The van der Waals surface area contributed by atoms with Gasteiger partial charge >= 0.3 is 0 Å². The Bertz CT molecular complexity index is 305. The Labute approximate surface area is 71.2 Å². The molecule has 2 heteroatoms. The van der Waals surface area contributed by atoms with Crippen molar-refractivity contribution in [3.05, 3.63) is 41.7 Å². The van der Waals surface area contributed by atoms with E-state index in [1.807, 2.05) is 6.92 Å². The molecule has 0 amide bonds. The van der Waals surface area contributed by atoms with E-state index in [0.29, 0.717) is 6.42 Å². The van der Waals surface area contributed by atoms with E-state index in [-0.39, 0.29) is 5.75 Å². The van der Waals surface area contributed by atoms with Crippen molar-refractivity contribution in [2.75, 3.05) is 0 Å². The average Bonchev–Trinajstić information content (AvgIpc) is 1.96. The number of rotatable bonds is 2. The fourth-order valence-electron chi connectivity index (χ4n) is 1.01. The third-order valence-corrected chi connectivity index (χ3v) is 1.52. The molecular weight excluding hydrogens is 155 g/mol. The normalized spacial score (nSPS) is 9.83. The predicted octanol–water partition coefficient (Wildman–Crippen LogP) is 2.65. The lowest BCUT2D eigenvalue weighted by Gasteiger charge is -2.01. The van der Waals surface area contributed by atoms with Crippen molar-refractivity contribution in [2.45, 2.75) is 13.3 Å². The Balaban J connectivity index is 2.89. The van der Waals surface area contributed by atoms with Gasteiger partial charge in [0.25, 0.3) is 0 Å². The van der Waals surface area contributed by atoms with Gasteiger partial charge < -0.3 is 5.11 Å². The van der Waals surface area contributed by atoms with E-state index in [2.05, 4.69) is 6.58 Å². The summed E-state index contributed by atoms with van der Waals surface area (Å²) in [6.07, 6.45) is 0.650. The number of halogens is 1. The highest BCUT2D eigenvalue weighted by molar-refractivity contribution is 5.29. The van der Waals surface area contributed by atoms with Crippen molar-refractivity contribution < 1.29 is 9.50 Å². The molecule has 1 nitrogen and oxygen atoms in total. The average molecular weight is 166 g/mol. The van der Waals surface area contributed by atoms with Crippen LogP contribution in [0.1, 0.15) is 12.5 Å². The summed E-state index contributed by atoms with van der Waals surface area (Å²) in [5.41, 5.74) is 1.80. The summed E-state index contributed by atoms with van der Waals surface area (Å²) in [6.45, 7) is 5.60. The van der Waals surface area contributed by atoms with Crippen LogP contribution in [0.5, 0.6) is 5.75 Å². The molecule has 0 aromatic heterocycles. The summed E-state index contributed by atoms with van der Waals surface area (Å²) in [5, 5.41) is 8.88. The summed E-state index contributed by atoms with van der Waals surface area (Å²) in [7, 11) is 0. The summed E-state index contributed by atoms with van der Waals surface area (Å²) in [5.74, 6) is -0.880. The lowest BCUT2D eigenvalue weighted by molar-refractivity contribution is 0.432. The molecule has 0 aliphatic rings. The molecule has 0 unspecified atom stereocenters. The minimum absolute atomic E-state index is 0.305. The Morgan fingerprint density at radius 1 is 1.58 bits per heavy atom. The molecule has 1 N–H and O–H groups in total. The van der Waals surface area contributed by atoms with Gasteiger partial charge in [0.2, 0.25) is 0 Å². The van der Waals surface area contributed by atoms with Crippen molar-refractivity contribution in [1.29, 1.82) is 0 Å². The molecule has 0 aliphatic carbocycles. The monoisotopic (exact) mass is 166 g/mol. The zero-order valence-corrected chi connectivity index (χ0v) is 6.97. The molecular formula is C10H11FO. The van der Waals surface area contributed by atoms with Crippen LogP contribution in [0.3, 0.4) is 0 Å². The summed E-state index contributed by atoms with van der Waals surface area (Å²) in [4.78, 5) is 0. The first-order chi connectivity index (χ1) is 5.59. The van der Waals surface area contributed by atoms with Gasteiger partial charge in [0.1, 0.15) is 0 Å². The maximum absolute atomic E-state index is 12.7. The van der Waals surface area contributed by atoms with Gasteiger partial charge in [-0.1, -0.05) is 18.2 Å². The maximum Gasteiger partial charge on any atom is 0.165 e. The molecule has 1 rings (SSSR count). The number of hydrogen-bond donors (Lipinski definition) is 1. The van der Waals surface area contributed by atoms with Crippen molar-refractivity contribution in [1.82, 2.24) is 0 Å². The molecule has 1 aromatic rings. The van der Waals surface area contributed by atoms with Gasteiger partial charge in [-0.15, -0.1) is 0 Å². The SMILES string of the molecule is C=C(C)Cc1ccc(O)c(F)c1. The Kier molecular flexibility index (Phi) is 2.48. The van der Waals surface area contributed by atoms with Crippen LogP contribution in [0.15, 0.2) is 30.4 Å². The second kappa shape index (κ2) is 3.39. The van der Waals surface area contributed by atoms with Crippen molar-refractivity contribution >= 4 is 0 Å². The fraction of sp³-hybridized carbons (Fsp3) is 0.200. The van der Waals surface area contributed by atoms with Crippen LogP contribution in [0.25, 0.3) is 0 Å². The van der Waals surface area contributed by atoms with Gasteiger partial charge in [-0.2, -0.15) is 0 Å². The highest BCUT2D eigenvalue weighted by Gasteiger charge is 2.00. The van der Waals surface area contributed by atoms with Crippen molar-refractivity contribution in [3.8, 4) is 5.75 Å². The number of benzene rings is 1. The Morgan fingerprint density at radius 3 is 2.75 bits per heavy atom. The van der Waals surface area contributed by atoms with Crippen LogP contribution in [-0.2, 0) is 6.42 Å². The number of aromatic hydroxyl groups is 1. The van der Waals surface area contributed by atoms with E-state index >= 15 is 0 Å². The van der Waals surface area contributed by atoms with Crippen LogP contribution in [-0.4, -0.2) is 5.11 Å². The van der Waals surface area contributed by atoms with E-state index < -0.39 is 5.82 Å². The number of phenolic OH excluding ortho intramolecular Hbond substituents is 1. The first kappa shape index (κ1) is 8.78. The van der Waals surface area contributed by atoms with E-state index in [1.165, 1.54) is 12.1 Å². The third-order valence-electron chi connectivity index (χ3n) is 1.52. The van der Waals surface area contributed by atoms with Gasteiger partial charge in [-0.3, -0.25) is 0 Å². The molecule has 1 aromatic carbocycles. The van der Waals surface area contributed by atoms with Crippen molar-refractivity contribution in [2.24, 2.45) is 0 Å². The minimum Gasteiger partial charge on any atom is -0.505 e. The molecule has 0 saturated carbocycles. The number of phenols is 1. The second-order valence-corrected chi connectivity index (χ2v) is 2.92. The first-order valence-electron chi connectivity index (χ1n) is 3.71. The zero-order chi connectivity index (χ0) is 9.14. The number of allylic oxidation sites excluding steroid dienone is 1. The van der Waals surface area contributed by atoms with Crippen LogP contribution < -0.4 is 0 Å². The summed E-state index contributed by atoms with van der Waals surface area (Å²) in [6, 6.07) is 4.37. The molecule has 0 heterocycles. The van der Waals surface area contributed by atoms with Gasteiger partial charge in [-0.25, -0.2) is 4.39 Å². The van der Waals surface area contributed by atoms with Gasteiger partial charge in [0.15, 0.2) is 11.6 Å². The summed E-state index contributed by atoms with van der Waals surface area (Å²) < 4.78 is 12.7. The van der Waals surface area contributed by atoms with Crippen LogP contribution in [0.2, 0.25) is 0 Å². The molecule has 64 valence electrons. The Morgan fingerprint density at radius 2 is 2.25 bits per heavy atom. The molecule has 0 saturated heterocycles. The Hall–Kier alpha value is -1.31. The van der Waals surface area contributed by atoms with Crippen LogP contribution in [0.4, 0.5) is 4.39 Å². The van der Waals surface area contributed by atoms with E-state index in [0.717, 1.165) is 11.1 Å². The van der Waals surface area contributed by atoms with Gasteiger partial charge in [0, 0.05) is 0 Å². The predicted molar refractivity (Wildman–Crippen MR) is 46.6 cm³/mol. The van der Waals surface area contributed by atoms with E-state index in [9.17, 15) is 4.39 Å². The lowest BCUT2D eigenvalue weighted by Crippen LogP contribution is -1.86. The fourth-order valence-corrected chi connectivity index (χ4v) is 1.01. The zero-order valence-electron chi connectivity index (χ0n) is 6.97. The van der Waals surface area contributed by atoms with E-state index in [1.54, 1.807) is 6.07 Å². The van der Waals surface area contributed by atoms with Crippen LogP contribution in [0, 0.1) is 5.82 Å². The lowest BCUT2D eigenvalue weighted by atomic mass is 10.1. The molecule has 0 aliphatic heterocycles. The maximum atomic E-state index is 12.7. The molecule has 0 radical (unpaired) electrons.